The summed E-state index contributed by atoms with van der Waals surface area (Å²) in [7, 11) is 1.39. The minimum Gasteiger partial charge on any atom is -0.465 e. The fourth-order valence-electron chi connectivity index (χ4n) is 2.73. The van der Waals surface area contributed by atoms with Crippen molar-refractivity contribution in [3.8, 4) is 0 Å². The lowest BCUT2D eigenvalue weighted by Crippen LogP contribution is -2.24. The lowest BCUT2D eigenvalue weighted by Gasteiger charge is -2.26. The summed E-state index contributed by atoms with van der Waals surface area (Å²) in [5.41, 5.74) is 2.41. The SMILES string of the molecule is COC(=O)c1ccc2ncn(C3COCC3(C)C)c2c1. The third-order valence-corrected chi connectivity index (χ3v) is 3.98. The molecule has 20 heavy (non-hydrogen) atoms. The molecule has 0 spiro atoms. The third-order valence-electron chi connectivity index (χ3n) is 3.98. The van der Waals surface area contributed by atoms with Crippen molar-refractivity contribution in [2.45, 2.75) is 19.9 Å². The monoisotopic (exact) mass is 274 g/mol. The summed E-state index contributed by atoms with van der Waals surface area (Å²) in [6.07, 6.45) is 1.83. The van der Waals surface area contributed by atoms with Gasteiger partial charge in [0.1, 0.15) is 0 Å². The van der Waals surface area contributed by atoms with Crippen LogP contribution in [0.1, 0.15) is 30.2 Å². The molecule has 2 heterocycles. The van der Waals surface area contributed by atoms with Gasteiger partial charge in [0.2, 0.25) is 0 Å². The molecule has 1 fully saturated rings. The van der Waals surface area contributed by atoms with Gasteiger partial charge < -0.3 is 14.0 Å². The Kier molecular flexibility index (Phi) is 3.01. The first kappa shape index (κ1) is 13.1. The van der Waals surface area contributed by atoms with Gasteiger partial charge in [-0.3, -0.25) is 0 Å². The summed E-state index contributed by atoms with van der Waals surface area (Å²) in [4.78, 5) is 16.1. The zero-order valence-electron chi connectivity index (χ0n) is 11.9. The van der Waals surface area contributed by atoms with Crippen LogP contribution >= 0.6 is 0 Å². The van der Waals surface area contributed by atoms with E-state index >= 15 is 0 Å². The molecule has 1 aromatic heterocycles. The van der Waals surface area contributed by atoms with Crippen molar-refractivity contribution < 1.29 is 14.3 Å². The minimum atomic E-state index is -0.332. The zero-order chi connectivity index (χ0) is 14.3. The summed E-state index contributed by atoms with van der Waals surface area (Å²) in [5.74, 6) is -0.332. The molecule has 106 valence electrons. The molecule has 0 bridgehead atoms. The lowest BCUT2D eigenvalue weighted by atomic mass is 9.87. The predicted molar refractivity (Wildman–Crippen MR) is 74.7 cm³/mol. The van der Waals surface area contributed by atoms with Gasteiger partial charge >= 0.3 is 5.97 Å². The molecule has 5 nitrogen and oxygen atoms in total. The van der Waals surface area contributed by atoms with Crippen molar-refractivity contribution in [3.63, 3.8) is 0 Å². The van der Waals surface area contributed by atoms with Gasteiger partial charge in [0.15, 0.2) is 0 Å². The van der Waals surface area contributed by atoms with E-state index < -0.39 is 0 Å². The van der Waals surface area contributed by atoms with E-state index in [9.17, 15) is 4.79 Å². The van der Waals surface area contributed by atoms with Gasteiger partial charge in [-0.2, -0.15) is 0 Å². The summed E-state index contributed by atoms with van der Waals surface area (Å²) >= 11 is 0. The fraction of sp³-hybridized carbons (Fsp3) is 0.467. The van der Waals surface area contributed by atoms with Crippen LogP contribution in [0, 0.1) is 5.41 Å². The van der Waals surface area contributed by atoms with E-state index in [4.69, 9.17) is 9.47 Å². The molecule has 0 N–H and O–H groups in total. The number of rotatable bonds is 2. The molecule has 1 unspecified atom stereocenters. The van der Waals surface area contributed by atoms with Crippen LogP contribution in [0.25, 0.3) is 11.0 Å². The number of fused-ring (bicyclic) bond motifs is 1. The van der Waals surface area contributed by atoms with Gasteiger partial charge in [-0.25, -0.2) is 9.78 Å². The second-order valence-corrected chi connectivity index (χ2v) is 5.87. The number of imidazole rings is 1. The van der Waals surface area contributed by atoms with E-state index in [1.807, 2.05) is 18.5 Å². The average Bonchev–Trinajstić information content (AvgIpc) is 2.99. The van der Waals surface area contributed by atoms with Crippen LogP contribution in [0.5, 0.6) is 0 Å². The Morgan fingerprint density at radius 1 is 1.50 bits per heavy atom. The molecule has 0 aliphatic carbocycles. The highest BCUT2D eigenvalue weighted by Crippen LogP contribution is 2.38. The topological polar surface area (TPSA) is 53.3 Å². The number of methoxy groups -OCH3 is 1. The molecule has 0 amide bonds. The second kappa shape index (κ2) is 4.59. The summed E-state index contributed by atoms with van der Waals surface area (Å²) < 4.78 is 12.5. The Balaban J connectivity index is 2.10. The third kappa shape index (κ3) is 1.98. The summed E-state index contributed by atoms with van der Waals surface area (Å²) in [5, 5.41) is 0. The van der Waals surface area contributed by atoms with Gasteiger partial charge in [0, 0.05) is 5.41 Å². The van der Waals surface area contributed by atoms with E-state index in [-0.39, 0.29) is 17.4 Å². The first-order valence-electron chi connectivity index (χ1n) is 6.65. The molecule has 1 aromatic carbocycles. The van der Waals surface area contributed by atoms with E-state index in [1.54, 1.807) is 6.07 Å². The van der Waals surface area contributed by atoms with Crippen LogP contribution < -0.4 is 0 Å². The van der Waals surface area contributed by atoms with Crippen LogP contribution in [0.2, 0.25) is 0 Å². The molecule has 0 saturated carbocycles. The number of carbonyl (C=O) groups excluding carboxylic acids is 1. The zero-order valence-corrected chi connectivity index (χ0v) is 11.9. The number of hydrogen-bond donors (Lipinski definition) is 0. The Morgan fingerprint density at radius 3 is 2.95 bits per heavy atom. The van der Waals surface area contributed by atoms with Crippen LogP contribution in [0.15, 0.2) is 24.5 Å². The Bertz CT molecular complexity index is 660. The van der Waals surface area contributed by atoms with Gasteiger partial charge in [-0.05, 0) is 18.2 Å². The Hall–Kier alpha value is -1.88. The van der Waals surface area contributed by atoms with Crippen molar-refractivity contribution in [2.75, 3.05) is 20.3 Å². The van der Waals surface area contributed by atoms with Gasteiger partial charge in [-0.1, -0.05) is 13.8 Å². The molecule has 3 rings (SSSR count). The van der Waals surface area contributed by atoms with Crippen LogP contribution in [0.3, 0.4) is 0 Å². The Morgan fingerprint density at radius 2 is 2.30 bits per heavy atom. The van der Waals surface area contributed by atoms with Crippen molar-refractivity contribution >= 4 is 17.0 Å². The van der Waals surface area contributed by atoms with Crippen LogP contribution in [-0.2, 0) is 9.47 Å². The van der Waals surface area contributed by atoms with Crippen LogP contribution in [0.4, 0.5) is 0 Å². The number of carbonyl (C=O) groups is 1. The highest BCUT2D eigenvalue weighted by atomic mass is 16.5. The number of benzene rings is 1. The van der Waals surface area contributed by atoms with Gasteiger partial charge in [0.25, 0.3) is 0 Å². The maximum absolute atomic E-state index is 11.7. The molecule has 1 atom stereocenters. The quantitative estimate of drug-likeness (QED) is 0.789. The van der Waals surface area contributed by atoms with Crippen molar-refractivity contribution in [1.29, 1.82) is 0 Å². The number of nitrogens with zero attached hydrogens (tertiary/aromatic N) is 2. The average molecular weight is 274 g/mol. The normalized spacial score (nSPS) is 21.2. The second-order valence-electron chi connectivity index (χ2n) is 5.87. The number of esters is 1. The van der Waals surface area contributed by atoms with Gasteiger partial charge in [-0.15, -0.1) is 0 Å². The van der Waals surface area contributed by atoms with E-state index in [0.717, 1.165) is 17.6 Å². The summed E-state index contributed by atoms with van der Waals surface area (Å²) in [6.45, 7) is 5.76. The fourth-order valence-corrected chi connectivity index (χ4v) is 2.73. The van der Waals surface area contributed by atoms with E-state index in [1.165, 1.54) is 7.11 Å². The first-order valence-corrected chi connectivity index (χ1v) is 6.65. The Labute approximate surface area is 117 Å². The first-order chi connectivity index (χ1) is 9.53. The molecule has 2 aromatic rings. The highest BCUT2D eigenvalue weighted by molar-refractivity contribution is 5.93. The standard InChI is InChI=1S/C15H18N2O3/c1-15(2)8-20-7-13(15)17-9-16-11-5-4-10(6-12(11)17)14(18)19-3/h4-6,9,13H,7-8H2,1-3H3. The van der Waals surface area contributed by atoms with Crippen molar-refractivity contribution in [1.82, 2.24) is 9.55 Å². The molecule has 1 aliphatic heterocycles. The smallest absolute Gasteiger partial charge is 0.337 e. The number of hydrogen-bond acceptors (Lipinski definition) is 4. The summed E-state index contributed by atoms with van der Waals surface area (Å²) in [6, 6.07) is 5.64. The minimum absolute atomic E-state index is 0.0505. The predicted octanol–water partition coefficient (Wildman–Crippen LogP) is 2.42. The number of aromatic nitrogens is 2. The molecule has 1 aliphatic rings. The molecular weight excluding hydrogens is 256 g/mol. The maximum atomic E-state index is 11.7. The molecule has 5 heteroatoms. The van der Waals surface area contributed by atoms with Gasteiger partial charge in [0.05, 0.1) is 49.3 Å². The maximum Gasteiger partial charge on any atom is 0.337 e. The van der Waals surface area contributed by atoms with E-state index in [0.29, 0.717) is 12.2 Å². The molecule has 0 radical (unpaired) electrons. The molecular formula is C15H18N2O3. The lowest BCUT2D eigenvalue weighted by molar-refractivity contribution is 0.0601. The molecule has 1 saturated heterocycles. The number of ether oxygens (including phenoxy) is 2. The van der Waals surface area contributed by atoms with Crippen molar-refractivity contribution in [2.24, 2.45) is 5.41 Å². The van der Waals surface area contributed by atoms with E-state index in [2.05, 4.69) is 23.4 Å². The highest BCUT2D eigenvalue weighted by Gasteiger charge is 2.37. The van der Waals surface area contributed by atoms with Crippen LogP contribution in [-0.4, -0.2) is 35.8 Å². The van der Waals surface area contributed by atoms with Crippen molar-refractivity contribution in [3.05, 3.63) is 30.1 Å². The largest absolute Gasteiger partial charge is 0.465 e.